The minimum absolute atomic E-state index is 0.813. The van der Waals surface area contributed by atoms with Crippen LogP contribution in [-0.2, 0) is 0 Å². The Balaban J connectivity index is 1.68. The lowest BCUT2D eigenvalue weighted by Gasteiger charge is -2.05. The zero-order chi connectivity index (χ0) is 20.9. The standard InChI is InChI=1S/C25H24N4O/c1-18-9-14-24(19(2)15-18)27-26-16-21-17-29(22-7-5-4-6-8-22)28-25(21)20-10-12-23(30-3)13-11-20/h4-17,27H,1-3H3. The number of hydrogen-bond acceptors (Lipinski definition) is 4. The van der Waals surface area contributed by atoms with Gasteiger partial charge >= 0.3 is 0 Å². The fourth-order valence-corrected chi connectivity index (χ4v) is 3.28. The van der Waals surface area contributed by atoms with E-state index < -0.39 is 0 Å². The Bertz CT molecular complexity index is 1160. The molecule has 0 spiro atoms. The number of ether oxygens (including phenoxy) is 1. The highest BCUT2D eigenvalue weighted by Crippen LogP contribution is 2.25. The van der Waals surface area contributed by atoms with Crippen molar-refractivity contribution in [2.75, 3.05) is 12.5 Å². The third-order valence-corrected chi connectivity index (χ3v) is 4.90. The van der Waals surface area contributed by atoms with Crippen LogP contribution in [0.5, 0.6) is 5.75 Å². The van der Waals surface area contributed by atoms with Crippen molar-refractivity contribution in [1.82, 2.24) is 9.78 Å². The number of hydrazone groups is 1. The summed E-state index contributed by atoms with van der Waals surface area (Å²) in [4.78, 5) is 0. The number of anilines is 1. The van der Waals surface area contributed by atoms with E-state index in [0.717, 1.165) is 39.5 Å². The van der Waals surface area contributed by atoms with Crippen molar-refractivity contribution < 1.29 is 4.74 Å². The number of benzene rings is 3. The van der Waals surface area contributed by atoms with Crippen molar-refractivity contribution in [1.29, 1.82) is 0 Å². The van der Waals surface area contributed by atoms with E-state index in [1.54, 1.807) is 7.11 Å². The van der Waals surface area contributed by atoms with E-state index in [1.807, 2.05) is 77.8 Å². The molecular weight excluding hydrogens is 372 g/mol. The monoisotopic (exact) mass is 396 g/mol. The highest BCUT2D eigenvalue weighted by molar-refractivity contribution is 5.89. The zero-order valence-electron chi connectivity index (χ0n) is 17.3. The van der Waals surface area contributed by atoms with E-state index in [-0.39, 0.29) is 0 Å². The number of nitrogens with one attached hydrogen (secondary N) is 1. The van der Waals surface area contributed by atoms with Crippen LogP contribution in [0, 0.1) is 13.8 Å². The van der Waals surface area contributed by atoms with E-state index in [9.17, 15) is 0 Å². The molecule has 4 rings (SSSR count). The van der Waals surface area contributed by atoms with Gasteiger partial charge in [-0.05, 0) is 61.9 Å². The minimum atomic E-state index is 0.813. The van der Waals surface area contributed by atoms with Gasteiger partial charge in [-0.15, -0.1) is 0 Å². The fraction of sp³-hybridized carbons (Fsp3) is 0.120. The summed E-state index contributed by atoms with van der Waals surface area (Å²) in [6.45, 7) is 4.15. The second-order valence-corrected chi connectivity index (χ2v) is 7.13. The van der Waals surface area contributed by atoms with E-state index in [4.69, 9.17) is 9.84 Å². The van der Waals surface area contributed by atoms with Crippen molar-refractivity contribution in [2.24, 2.45) is 5.10 Å². The number of rotatable bonds is 6. The first-order valence-corrected chi connectivity index (χ1v) is 9.80. The van der Waals surface area contributed by atoms with Gasteiger partial charge in [0, 0.05) is 17.3 Å². The number of nitrogens with zero attached hydrogens (tertiary/aromatic N) is 3. The Morgan fingerprint density at radius 1 is 0.967 bits per heavy atom. The largest absolute Gasteiger partial charge is 0.497 e. The average Bonchev–Trinajstić information content (AvgIpc) is 3.20. The van der Waals surface area contributed by atoms with Gasteiger partial charge in [0.25, 0.3) is 0 Å². The molecule has 30 heavy (non-hydrogen) atoms. The molecule has 0 radical (unpaired) electrons. The molecule has 0 bridgehead atoms. The SMILES string of the molecule is COc1ccc(-c2nn(-c3ccccc3)cc2C=NNc2ccc(C)cc2C)cc1. The van der Waals surface area contributed by atoms with E-state index in [0.29, 0.717) is 0 Å². The highest BCUT2D eigenvalue weighted by Gasteiger charge is 2.11. The van der Waals surface area contributed by atoms with E-state index >= 15 is 0 Å². The Morgan fingerprint density at radius 3 is 2.43 bits per heavy atom. The van der Waals surface area contributed by atoms with Crippen LogP contribution >= 0.6 is 0 Å². The third kappa shape index (κ3) is 4.25. The molecule has 0 aliphatic heterocycles. The summed E-state index contributed by atoms with van der Waals surface area (Å²) in [5, 5.41) is 9.29. The number of aromatic nitrogens is 2. The fourth-order valence-electron chi connectivity index (χ4n) is 3.28. The first-order valence-electron chi connectivity index (χ1n) is 9.80. The van der Waals surface area contributed by atoms with Crippen LogP contribution in [0.3, 0.4) is 0 Å². The van der Waals surface area contributed by atoms with Crippen LogP contribution < -0.4 is 10.2 Å². The summed E-state index contributed by atoms with van der Waals surface area (Å²) in [5.41, 5.74) is 10.3. The van der Waals surface area contributed by atoms with Gasteiger partial charge in [-0.2, -0.15) is 10.2 Å². The summed E-state index contributed by atoms with van der Waals surface area (Å²) in [6.07, 6.45) is 3.80. The molecule has 0 saturated heterocycles. The quantitative estimate of drug-likeness (QED) is 0.340. The summed E-state index contributed by atoms with van der Waals surface area (Å²) in [7, 11) is 1.66. The predicted octanol–water partition coefficient (Wildman–Crippen LogP) is 5.61. The highest BCUT2D eigenvalue weighted by atomic mass is 16.5. The second kappa shape index (κ2) is 8.66. The van der Waals surface area contributed by atoms with Crippen molar-refractivity contribution >= 4 is 11.9 Å². The Kier molecular flexibility index (Phi) is 5.61. The van der Waals surface area contributed by atoms with Crippen LogP contribution in [0.25, 0.3) is 16.9 Å². The molecule has 150 valence electrons. The van der Waals surface area contributed by atoms with Gasteiger partial charge in [-0.1, -0.05) is 35.9 Å². The normalized spacial score (nSPS) is 11.0. The van der Waals surface area contributed by atoms with Gasteiger partial charge < -0.3 is 4.74 Å². The molecule has 5 heteroatoms. The molecule has 5 nitrogen and oxygen atoms in total. The topological polar surface area (TPSA) is 51.4 Å². The molecule has 3 aromatic carbocycles. The average molecular weight is 396 g/mol. The molecule has 0 aliphatic rings. The van der Waals surface area contributed by atoms with Crippen molar-refractivity contribution in [3.63, 3.8) is 0 Å². The number of hydrogen-bond donors (Lipinski definition) is 1. The summed E-state index contributed by atoms with van der Waals surface area (Å²) in [5.74, 6) is 0.813. The molecule has 1 aromatic heterocycles. The van der Waals surface area contributed by atoms with E-state index in [1.165, 1.54) is 5.56 Å². The van der Waals surface area contributed by atoms with Crippen LogP contribution in [0.15, 0.2) is 84.1 Å². The Morgan fingerprint density at radius 2 is 1.73 bits per heavy atom. The molecule has 0 aliphatic carbocycles. The molecular formula is C25H24N4O. The van der Waals surface area contributed by atoms with Crippen molar-refractivity contribution in [2.45, 2.75) is 13.8 Å². The van der Waals surface area contributed by atoms with Crippen LogP contribution in [0.2, 0.25) is 0 Å². The van der Waals surface area contributed by atoms with Gasteiger partial charge in [0.05, 0.1) is 24.7 Å². The first kappa shape index (κ1) is 19.5. The zero-order valence-corrected chi connectivity index (χ0v) is 17.3. The summed E-state index contributed by atoms with van der Waals surface area (Å²) < 4.78 is 7.15. The molecule has 0 fully saturated rings. The van der Waals surface area contributed by atoms with Gasteiger partial charge in [0.1, 0.15) is 11.4 Å². The second-order valence-electron chi connectivity index (χ2n) is 7.13. The maximum absolute atomic E-state index is 5.28. The van der Waals surface area contributed by atoms with Crippen LogP contribution in [0.1, 0.15) is 16.7 Å². The molecule has 4 aromatic rings. The number of para-hydroxylation sites is 1. The van der Waals surface area contributed by atoms with Crippen LogP contribution in [0.4, 0.5) is 5.69 Å². The molecule has 1 heterocycles. The number of methoxy groups -OCH3 is 1. The lowest BCUT2D eigenvalue weighted by molar-refractivity contribution is 0.415. The maximum atomic E-state index is 5.28. The molecule has 0 amide bonds. The first-order chi connectivity index (χ1) is 14.6. The molecule has 0 saturated carbocycles. The third-order valence-electron chi connectivity index (χ3n) is 4.90. The van der Waals surface area contributed by atoms with Gasteiger partial charge in [-0.25, -0.2) is 4.68 Å². The number of aryl methyl sites for hydroxylation is 2. The smallest absolute Gasteiger partial charge is 0.118 e. The van der Waals surface area contributed by atoms with E-state index in [2.05, 4.69) is 36.5 Å². The Hall–Kier alpha value is -3.86. The van der Waals surface area contributed by atoms with Crippen LogP contribution in [-0.4, -0.2) is 23.1 Å². The molecule has 0 atom stereocenters. The minimum Gasteiger partial charge on any atom is -0.497 e. The lowest BCUT2D eigenvalue weighted by atomic mass is 10.1. The van der Waals surface area contributed by atoms with Crippen molar-refractivity contribution in [3.05, 3.63) is 95.7 Å². The maximum Gasteiger partial charge on any atom is 0.118 e. The Labute approximate surface area is 176 Å². The molecule has 1 N–H and O–H groups in total. The van der Waals surface area contributed by atoms with Gasteiger partial charge in [-0.3, -0.25) is 5.43 Å². The molecule has 0 unspecified atom stereocenters. The van der Waals surface area contributed by atoms with Crippen molar-refractivity contribution in [3.8, 4) is 22.7 Å². The summed E-state index contributed by atoms with van der Waals surface area (Å²) in [6, 6.07) is 24.2. The van der Waals surface area contributed by atoms with Gasteiger partial charge in [0.2, 0.25) is 0 Å². The predicted molar refractivity (Wildman–Crippen MR) is 123 cm³/mol. The van der Waals surface area contributed by atoms with Gasteiger partial charge in [0.15, 0.2) is 0 Å². The lowest BCUT2D eigenvalue weighted by Crippen LogP contribution is -1.94. The summed E-state index contributed by atoms with van der Waals surface area (Å²) >= 11 is 0.